The minimum Gasteiger partial charge on any atom is -0.492 e. The molecule has 0 radical (unpaired) electrons. The van der Waals surface area contributed by atoms with Crippen LogP contribution in [0.15, 0.2) is 42.9 Å². The summed E-state index contributed by atoms with van der Waals surface area (Å²) in [4.78, 5) is 14.8. The molecule has 3 N–H and O–H groups in total. The predicted octanol–water partition coefficient (Wildman–Crippen LogP) is 1.86. The number of rotatable bonds is 7. The average molecular weight is 366 g/mol. The van der Waals surface area contributed by atoms with Gasteiger partial charge in [-0.2, -0.15) is 9.67 Å². The molecule has 9 heteroatoms. The van der Waals surface area contributed by atoms with Gasteiger partial charge in [0.05, 0.1) is 6.20 Å². The molecule has 0 unspecified atom stereocenters. The van der Waals surface area contributed by atoms with Crippen molar-refractivity contribution in [3.8, 4) is 11.6 Å². The van der Waals surface area contributed by atoms with Gasteiger partial charge in [-0.3, -0.25) is 9.88 Å². The molecule has 1 saturated heterocycles. The quantitative estimate of drug-likeness (QED) is 0.652. The van der Waals surface area contributed by atoms with Crippen LogP contribution in [0.4, 0.5) is 17.6 Å². The van der Waals surface area contributed by atoms with Crippen molar-refractivity contribution in [3.63, 3.8) is 0 Å². The Morgan fingerprint density at radius 3 is 2.67 bits per heavy atom. The van der Waals surface area contributed by atoms with E-state index in [1.54, 1.807) is 18.6 Å². The van der Waals surface area contributed by atoms with E-state index in [4.69, 9.17) is 10.5 Å². The molecule has 0 bridgehead atoms. The lowest BCUT2D eigenvalue weighted by Crippen LogP contribution is -2.25. The summed E-state index contributed by atoms with van der Waals surface area (Å²) in [5, 5.41) is 7.45. The minimum absolute atomic E-state index is 0.236. The molecule has 3 aromatic rings. The van der Waals surface area contributed by atoms with Crippen LogP contribution in [0.25, 0.3) is 5.82 Å². The Morgan fingerprint density at radius 1 is 1.11 bits per heavy atom. The SMILES string of the molecule is Nc1nc(Nc2ccc(OCCN3CCCC3)cc2)nn1-c1cnccn1. The summed E-state index contributed by atoms with van der Waals surface area (Å²) in [6, 6.07) is 7.69. The van der Waals surface area contributed by atoms with Crippen LogP contribution < -0.4 is 15.8 Å². The molecular weight excluding hydrogens is 344 g/mol. The molecular formula is C18H22N8O. The fourth-order valence-electron chi connectivity index (χ4n) is 3.01. The number of ether oxygens (including phenoxy) is 1. The molecule has 0 amide bonds. The van der Waals surface area contributed by atoms with Gasteiger partial charge in [-0.05, 0) is 50.2 Å². The lowest BCUT2D eigenvalue weighted by molar-refractivity contribution is 0.238. The van der Waals surface area contributed by atoms with Crippen molar-refractivity contribution in [2.24, 2.45) is 0 Å². The van der Waals surface area contributed by atoms with Crippen LogP contribution in [-0.4, -0.2) is 55.9 Å². The van der Waals surface area contributed by atoms with E-state index in [2.05, 4.69) is 30.3 Å². The molecule has 1 aliphatic heterocycles. The lowest BCUT2D eigenvalue weighted by atomic mass is 10.3. The second-order valence-corrected chi connectivity index (χ2v) is 6.32. The highest BCUT2D eigenvalue weighted by atomic mass is 16.5. The van der Waals surface area contributed by atoms with Gasteiger partial charge in [-0.25, -0.2) is 4.98 Å². The third-order valence-corrected chi connectivity index (χ3v) is 4.38. The molecule has 27 heavy (non-hydrogen) atoms. The molecule has 1 fully saturated rings. The molecule has 140 valence electrons. The van der Waals surface area contributed by atoms with Gasteiger partial charge in [0.15, 0.2) is 5.82 Å². The molecule has 0 aliphatic carbocycles. The standard InChI is InChI=1S/C18H22N8O/c19-17-23-18(24-26(17)16-13-20-7-8-21-16)22-14-3-5-15(6-4-14)27-12-11-25-9-1-2-10-25/h3-8,13H,1-2,9-12H2,(H3,19,22,23,24). The maximum Gasteiger partial charge on any atom is 0.248 e. The van der Waals surface area contributed by atoms with Gasteiger partial charge in [0.25, 0.3) is 0 Å². The first-order valence-electron chi connectivity index (χ1n) is 8.99. The van der Waals surface area contributed by atoms with Crippen molar-refractivity contribution in [3.05, 3.63) is 42.9 Å². The van der Waals surface area contributed by atoms with Gasteiger partial charge < -0.3 is 15.8 Å². The van der Waals surface area contributed by atoms with Crippen molar-refractivity contribution >= 4 is 17.6 Å². The normalized spacial score (nSPS) is 14.4. The minimum atomic E-state index is 0.236. The molecule has 0 spiro atoms. The van der Waals surface area contributed by atoms with Crippen LogP contribution in [0, 0.1) is 0 Å². The highest BCUT2D eigenvalue weighted by molar-refractivity contribution is 5.55. The smallest absolute Gasteiger partial charge is 0.248 e. The Kier molecular flexibility index (Phi) is 5.10. The van der Waals surface area contributed by atoms with Crippen LogP contribution in [0.5, 0.6) is 5.75 Å². The Morgan fingerprint density at radius 2 is 1.93 bits per heavy atom. The topological polar surface area (TPSA) is 107 Å². The number of benzene rings is 1. The molecule has 1 aliphatic rings. The van der Waals surface area contributed by atoms with Crippen LogP contribution in [0.2, 0.25) is 0 Å². The van der Waals surface area contributed by atoms with E-state index in [0.717, 1.165) is 18.0 Å². The van der Waals surface area contributed by atoms with E-state index in [1.807, 2.05) is 24.3 Å². The van der Waals surface area contributed by atoms with E-state index in [0.29, 0.717) is 18.4 Å². The van der Waals surface area contributed by atoms with Crippen molar-refractivity contribution < 1.29 is 4.74 Å². The third-order valence-electron chi connectivity index (χ3n) is 4.38. The average Bonchev–Trinajstić information content (AvgIpc) is 3.34. The molecule has 4 rings (SSSR count). The molecule has 9 nitrogen and oxygen atoms in total. The van der Waals surface area contributed by atoms with E-state index in [1.165, 1.54) is 30.6 Å². The fourth-order valence-corrected chi connectivity index (χ4v) is 3.01. The van der Waals surface area contributed by atoms with Crippen LogP contribution in [0.3, 0.4) is 0 Å². The van der Waals surface area contributed by atoms with Gasteiger partial charge >= 0.3 is 0 Å². The Bertz CT molecular complexity index is 859. The second-order valence-electron chi connectivity index (χ2n) is 6.32. The molecule has 0 atom stereocenters. The molecule has 0 saturated carbocycles. The number of nitrogen functional groups attached to an aromatic ring is 1. The maximum atomic E-state index is 5.92. The molecule has 1 aromatic carbocycles. The van der Waals surface area contributed by atoms with Gasteiger partial charge in [0, 0.05) is 24.6 Å². The van der Waals surface area contributed by atoms with Crippen molar-refractivity contribution in [2.75, 3.05) is 37.3 Å². The van der Waals surface area contributed by atoms with Crippen molar-refractivity contribution in [2.45, 2.75) is 12.8 Å². The summed E-state index contributed by atoms with van der Waals surface area (Å²) in [5.74, 6) is 1.98. The zero-order chi connectivity index (χ0) is 18.5. The number of aromatic nitrogens is 5. The summed E-state index contributed by atoms with van der Waals surface area (Å²) < 4.78 is 7.25. The summed E-state index contributed by atoms with van der Waals surface area (Å²) in [6.07, 6.45) is 7.33. The Hall–Kier alpha value is -3.20. The summed E-state index contributed by atoms with van der Waals surface area (Å²) in [7, 11) is 0. The number of nitrogens with one attached hydrogen (secondary N) is 1. The second kappa shape index (κ2) is 8.00. The fraction of sp³-hybridized carbons (Fsp3) is 0.333. The summed E-state index contributed by atoms with van der Waals surface area (Å²) in [6.45, 7) is 4.05. The zero-order valence-corrected chi connectivity index (χ0v) is 15.0. The Balaban J connectivity index is 1.34. The van der Waals surface area contributed by atoms with Gasteiger partial charge in [-0.15, -0.1) is 5.10 Å². The zero-order valence-electron chi connectivity index (χ0n) is 15.0. The van der Waals surface area contributed by atoms with E-state index >= 15 is 0 Å². The van der Waals surface area contributed by atoms with E-state index < -0.39 is 0 Å². The van der Waals surface area contributed by atoms with Gasteiger partial charge in [0.2, 0.25) is 11.9 Å². The van der Waals surface area contributed by atoms with Crippen LogP contribution >= 0.6 is 0 Å². The highest BCUT2D eigenvalue weighted by Crippen LogP contribution is 2.20. The first-order chi connectivity index (χ1) is 13.3. The molecule has 2 aromatic heterocycles. The Labute approximate surface area is 157 Å². The number of anilines is 3. The van der Waals surface area contributed by atoms with Crippen molar-refractivity contribution in [1.29, 1.82) is 0 Å². The van der Waals surface area contributed by atoms with Crippen LogP contribution in [-0.2, 0) is 0 Å². The first-order valence-corrected chi connectivity index (χ1v) is 8.99. The number of nitrogens with zero attached hydrogens (tertiary/aromatic N) is 6. The van der Waals surface area contributed by atoms with Crippen LogP contribution in [0.1, 0.15) is 12.8 Å². The lowest BCUT2D eigenvalue weighted by Gasteiger charge is -2.15. The van der Waals surface area contributed by atoms with Crippen molar-refractivity contribution in [1.82, 2.24) is 29.6 Å². The monoisotopic (exact) mass is 366 g/mol. The first kappa shape index (κ1) is 17.2. The number of likely N-dealkylation sites (tertiary alicyclic amines) is 1. The van der Waals surface area contributed by atoms with E-state index in [-0.39, 0.29) is 5.95 Å². The summed E-state index contributed by atoms with van der Waals surface area (Å²) in [5.41, 5.74) is 6.76. The maximum absolute atomic E-state index is 5.92. The van der Waals surface area contributed by atoms with Gasteiger partial charge in [0.1, 0.15) is 12.4 Å². The number of hydrogen-bond acceptors (Lipinski definition) is 8. The van der Waals surface area contributed by atoms with E-state index in [9.17, 15) is 0 Å². The molecule has 3 heterocycles. The summed E-state index contributed by atoms with van der Waals surface area (Å²) >= 11 is 0. The number of nitrogens with two attached hydrogens (primary N) is 1. The highest BCUT2D eigenvalue weighted by Gasteiger charge is 2.11. The third kappa shape index (κ3) is 4.32. The van der Waals surface area contributed by atoms with Gasteiger partial charge in [-0.1, -0.05) is 0 Å². The predicted molar refractivity (Wildman–Crippen MR) is 102 cm³/mol. The number of hydrogen-bond donors (Lipinski definition) is 2. The largest absolute Gasteiger partial charge is 0.492 e.